The number of aliphatic hydroxyl groups is 1. The SMILES string of the molecule is Cl.OCCNc1cccc2c1COCO2. The molecular weight excluding hydrogens is 218 g/mol. The zero-order chi connectivity index (χ0) is 9.80. The van der Waals surface area contributed by atoms with Crippen LogP contribution in [0.15, 0.2) is 18.2 Å². The van der Waals surface area contributed by atoms with Crippen LogP contribution in [0.25, 0.3) is 0 Å². The Morgan fingerprint density at radius 3 is 3.07 bits per heavy atom. The zero-order valence-electron chi connectivity index (χ0n) is 8.23. The lowest BCUT2D eigenvalue weighted by Gasteiger charge is -2.20. The highest BCUT2D eigenvalue weighted by Crippen LogP contribution is 2.29. The summed E-state index contributed by atoms with van der Waals surface area (Å²) in [5, 5.41) is 11.8. The third-order valence-corrected chi connectivity index (χ3v) is 2.10. The number of hydrogen-bond donors (Lipinski definition) is 2. The molecule has 0 spiro atoms. The molecule has 84 valence electrons. The van der Waals surface area contributed by atoms with Crippen LogP contribution in [-0.4, -0.2) is 25.1 Å². The van der Waals surface area contributed by atoms with Gasteiger partial charge < -0.3 is 19.9 Å². The van der Waals surface area contributed by atoms with Gasteiger partial charge in [-0.2, -0.15) is 0 Å². The van der Waals surface area contributed by atoms with E-state index in [0.29, 0.717) is 19.9 Å². The molecular formula is C10H14ClNO3. The average Bonchev–Trinajstić information content (AvgIpc) is 2.26. The molecule has 1 aliphatic rings. The lowest BCUT2D eigenvalue weighted by molar-refractivity contribution is -0.0159. The number of ether oxygens (including phenoxy) is 2. The summed E-state index contributed by atoms with van der Waals surface area (Å²) >= 11 is 0. The maximum absolute atomic E-state index is 8.71. The van der Waals surface area contributed by atoms with Crippen molar-refractivity contribution in [2.75, 3.05) is 25.3 Å². The highest BCUT2D eigenvalue weighted by Gasteiger charge is 2.13. The Morgan fingerprint density at radius 2 is 2.27 bits per heavy atom. The number of benzene rings is 1. The van der Waals surface area contributed by atoms with E-state index in [4.69, 9.17) is 14.6 Å². The number of anilines is 1. The van der Waals surface area contributed by atoms with Crippen molar-refractivity contribution >= 4 is 18.1 Å². The van der Waals surface area contributed by atoms with E-state index in [1.807, 2.05) is 18.2 Å². The van der Waals surface area contributed by atoms with Gasteiger partial charge in [0, 0.05) is 17.8 Å². The predicted octanol–water partition coefficient (Wildman–Crippen LogP) is 1.38. The van der Waals surface area contributed by atoms with Gasteiger partial charge in [0.1, 0.15) is 5.75 Å². The van der Waals surface area contributed by atoms with Gasteiger partial charge in [-0.15, -0.1) is 12.4 Å². The standard InChI is InChI=1S/C10H13NO3.ClH/c12-5-4-11-9-2-1-3-10-8(9)6-13-7-14-10;/h1-3,11-12H,4-7H2;1H. The smallest absolute Gasteiger partial charge is 0.189 e. The number of aliphatic hydroxyl groups excluding tert-OH is 1. The summed E-state index contributed by atoms with van der Waals surface area (Å²) in [7, 11) is 0. The highest BCUT2D eigenvalue weighted by molar-refractivity contribution is 5.85. The molecule has 0 atom stereocenters. The van der Waals surface area contributed by atoms with E-state index in [0.717, 1.165) is 17.0 Å². The fraction of sp³-hybridized carbons (Fsp3) is 0.400. The molecule has 1 aliphatic heterocycles. The van der Waals surface area contributed by atoms with E-state index >= 15 is 0 Å². The van der Waals surface area contributed by atoms with Gasteiger partial charge in [0.25, 0.3) is 0 Å². The monoisotopic (exact) mass is 231 g/mol. The molecule has 0 unspecified atom stereocenters. The van der Waals surface area contributed by atoms with Crippen LogP contribution in [0.3, 0.4) is 0 Å². The summed E-state index contributed by atoms with van der Waals surface area (Å²) in [6.07, 6.45) is 0. The van der Waals surface area contributed by atoms with Gasteiger partial charge in [0.05, 0.1) is 13.2 Å². The van der Waals surface area contributed by atoms with Crippen molar-refractivity contribution in [1.29, 1.82) is 0 Å². The Morgan fingerprint density at radius 1 is 1.40 bits per heavy atom. The first kappa shape index (κ1) is 12.1. The molecule has 0 saturated carbocycles. The minimum atomic E-state index is 0. The van der Waals surface area contributed by atoms with E-state index in [1.165, 1.54) is 0 Å². The molecule has 4 nitrogen and oxygen atoms in total. The Kier molecular flexibility index (Phi) is 4.68. The molecule has 15 heavy (non-hydrogen) atoms. The second-order valence-electron chi connectivity index (χ2n) is 3.04. The van der Waals surface area contributed by atoms with E-state index in [-0.39, 0.29) is 19.0 Å². The summed E-state index contributed by atoms with van der Waals surface area (Å²) < 4.78 is 10.5. The topological polar surface area (TPSA) is 50.7 Å². The lowest BCUT2D eigenvalue weighted by atomic mass is 10.1. The maximum Gasteiger partial charge on any atom is 0.189 e. The van der Waals surface area contributed by atoms with E-state index in [2.05, 4.69) is 5.32 Å². The molecule has 0 bridgehead atoms. The molecule has 0 aromatic heterocycles. The number of nitrogens with one attached hydrogen (secondary N) is 1. The molecule has 5 heteroatoms. The van der Waals surface area contributed by atoms with Gasteiger partial charge in [0.15, 0.2) is 6.79 Å². The van der Waals surface area contributed by atoms with Crippen LogP contribution in [0.2, 0.25) is 0 Å². The van der Waals surface area contributed by atoms with Crippen molar-refractivity contribution in [3.05, 3.63) is 23.8 Å². The zero-order valence-corrected chi connectivity index (χ0v) is 9.05. The summed E-state index contributed by atoms with van der Waals surface area (Å²) in [6.45, 7) is 1.53. The Hall–Kier alpha value is -0.970. The van der Waals surface area contributed by atoms with Crippen molar-refractivity contribution < 1.29 is 14.6 Å². The fourth-order valence-electron chi connectivity index (χ4n) is 1.45. The molecule has 1 aromatic carbocycles. The first-order chi connectivity index (χ1) is 6.92. The first-order valence-corrected chi connectivity index (χ1v) is 4.59. The largest absolute Gasteiger partial charge is 0.467 e. The van der Waals surface area contributed by atoms with Gasteiger partial charge in [-0.05, 0) is 12.1 Å². The van der Waals surface area contributed by atoms with Crippen LogP contribution in [-0.2, 0) is 11.3 Å². The molecule has 0 amide bonds. The number of halogens is 1. The molecule has 0 saturated heterocycles. The van der Waals surface area contributed by atoms with Crippen LogP contribution in [0.4, 0.5) is 5.69 Å². The van der Waals surface area contributed by atoms with E-state index in [9.17, 15) is 0 Å². The lowest BCUT2D eigenvalue weighted by Crippen LogP contribution is -2.14. The summed E-state index contributed by atoms with van der Waals surface area (Å²) in [5.41, 5.74) is 1.99. The molecule has 2 rings (SSSR count). The maximum atomic E-state index is 8.71. The van der Waals surface area contributed by atoms with Crippen LogP contribution in [0, 0.1) is 0 Å². The van der Waals surface area contributed by atoms with Crippen LogP contribution >= 0.6 is 12.4 Å². The van der Waals surface area contributed by atoms with Crippen molar-refractivity contribution in [1.82, 2.24) is 0 Å². The Labute approximate surface area is 94.6 Å². The minimum Gasteiger partial charge on any atom is -0.467 e. The van der Waals surface area contributed by atoms with Crippen LogP contribution < -0.4 is 10.1 Å². The molecule has 1 aromatic rings. The van der Waals surface area contributed by atoms with Gasteiger partial charge >= 0.3 is 0 Å². The van der Waals surface area contributed by atoms with Crippen molar-refractivity contribution in [2.45, 2.75) is 6.61 Å². The van der Waals surface area contributed by atoms with Crippen molar-refractivity contribution in [2.24, 2.45) is 0 Å². The Bertz CT molecular complexity index is 320. The van der Waals surface area contributed by atoms with Gasteiger partial charge in [0.2, 0.25) is 0 Å². The van der Waals surface area contributed by atoms with Crippen molar-refractivity contribution in [3.8, 4) is 5.75 Å². The normalized spacial score (nSPS) is 13.4. The third kappa shape index (κ3) is 2.75. The predicted molar refractivity (Wildman–Crippen MR) is 59.5 cm³/mol. The quantitative estimate of drug-likeness (QED) is 0.825. The van der Waals surface area contributed by atoms with Crippen LogP contribution in [0.5, 0.6) is 5.75 Å². The van der Waals surface area contributed by atoms with Crippen LogP contribution in [0.1, 0.15) is 5.56 Å². The molecule has 0 aliphatic carbocycles. The van der Waals surface area contributed by atoms with Gasteiger partial charge in [-0.3, -0.25) is 0 Å². The second kappa shape index (κ2) is 5.80. The van der Waals surface area contributed by atoms with Gasteiger partial charge in [-0.1, -0.05) is 6.07 Å². The number of hydrogen-bond acceptors (Lipinski definition) is 4. The molecule has 0 fully saturated rings. The third-order valence-electron chi connectivity index (χ3n) is 2.10. The number of fused-ring (bicyclic) bond motifs is 1. The van der Waals surface area contributed by atoms with E-state index < -0.39 is 0 Å². The molecule has 0 radical (unpaired) electrons. The van der Waals surface area contributed by atoms with Gasteiger partial charge in [-0.25, -0.2) is 0 Å². The number of rotatable bonds is 3. The summed E-state index contributed by atoms with van der Waals surface area (Å²) in [4.78, 5) is 0. The highest BCUT2D eigenvalue weighted by atomic mass is 35.5. The van der Waals surface area contributed by atoms with E-state index in [1.54, 1.807) is 0 Å². The Balaban J connectivity index is 0.00000112. The average molecular weight is 232 g/mol. The summed E-state index contributed by atoms with van der Waals surface area (Å²) in [5.74, 6) is 0.860. The molecule has 2 N–H and O–H groups in total. The van der Waals surface area contributed by atoms with Crippen molar-refractivity contribution in [3.63, 3.8) is 0 Å². The summed E-state index contributed by atoms with van der Waals surface area (Å²) in [6, 6.07) is 5.79. The minimum absolute atomic E-state index is 0. The second-order valence-corrected chi connectivity index (χ2v) is 3.04. The first-order valence-electron chi connectivity index (χ1n) is 4.59. The fourth-order valence-corrected chi connectivity index (χ4v) is 1.45. The molecule has 1 heterocycles.